The molecule has 3 nitrogen and oxygen atoms in total. The number of thioether (sulfide) groups is 1. The zero-order chi connectivity index (χ0) is 12.9. The highest BCUT2D eigenvalue weighted by molar-refractivity contribution is 8.00. The number of hydrogen-bond acceptors (Lipinski definition) is 3. The van der Waals surface area contributed by atoms with E-state index in [0.29, 0.717) is 10.8 Å². The fourth-order valence-corrected chi connectivity index (χ4v) is 3.74. The molecule has 1 aromatic heterocycles. The maximum absolute atomic E-state index is 11.0. The van der Waals surface area contributed by atoms with Crippen LogP contribution >= 0.6 is 11.8 Å². The highest BCUT2D eigenvalue weighted by Gasteiger charge is 2.24. The van der Waals surface area contributed by atoms with E-state index >= 15 is 0 Å². The van der Waals surface area contributed by atoms with Gasteiger partial charge in [0.1, 0.15) is 0 Å². The van der Waals surface area contributed by atoms with E-state index in [9.17, 15) is 4.79 Å². The fourth-order valence-electron chi connectivity index (χ4n) is 2.43. The smallest absolute Gasteiger partial charge is 0.335 e. The van der Waals surface area contributed by atoms with E-state index in [1.165, 1.54) is 10.5 Å². The number of nitrogens with zero attached hydrogens (tertiary/aromatic N) is 1. The number of carboxylic acids is 1. The Hall–Kier alpha value is -1.55. The summed E-state index contributed by atoms with van der Waals surface area (Å²) in [5.41, 5.74) is 3.56. The molecule has 0 aliphatic carbocycles. The number of carboxylic acid groups (broad SMARTS) is 1. The number of benzene rings is 1. The van der Waals surface area contributed by atoms with E-state index in [4.69, 9.17) is 5.11 Å². The lowest BCUT2D eigenvalue weighted by atomic mass is 10.0. The number of pyridine rings is 1. The summed E-state index contributed by atoms with van der Waals surface area (Å²) in [6.07, 6.45) is 1.02. The first-order valence-corrected chi connectivity index (χ1v) is 6.77. The molecule has 0 bridgehead atoms. The summed E-state index contributed by atoms with van der Waals surface area (Å²) < 4.78 is 0. The molecular weight excluding hydrogens is 246 g/mol. The third-order valence-corrected chi connectivity index (χ3v) is 4.57. The van der Waals surface area contributed by atoms with Crippen molar-refractivity contribution in [3.63, 3.8) is 0 Å². The summed E-state index contributed by atoms with van der Waals surface area (Å²) in [5, 5.41) is 10.6. The van der Waals surface area contributed by atoms with Gasteiger partial charge in [0.15, 0.2) is 0 Å². The van der Waals surface area contributed by atoms with Gasteiger partial charge in [0, 0.05) is 21.2 Å². The number of fused-ring (bicyclic) bond motifs is 3. The van der Waals surface area contributed by atoms with Gasteiger partial charge < -0.3 is 5.11 Å². The van der Waals surface area contributed by atoms with Gasteiger partial charge in [-0.15, -0.1) is 11.8 Å². The van der Waals surface area contributed by atoms with E-state index in [-0.39, 0.29) is 0 Å². The molecule has 2 heterocycles. The minimum absolute atomic E-state index is 0.329. The van der Waals surface area contributed by atoms with Crippen LogP contribution in [0.25, 0.3) is 10.9 Å². The number of rotatable bonds is 1. The maximum Gasteiger partial charge on any atom is 0.335 e. The number of carbonyl (C=O) groups is 1. The Kier molecular flexibility index (Phi) is 2.55. The van der Waals surface area contributed by atoms with Crippen LogP contribution in [-0.2, 0) is 6.42 Å². The van der Waals surface area contributed by atoms with Crippen molar-refractivity contribution in [3.8, 4) is 0 Å². The average Bonchev–Trinajstić information content (AvgIpc) is 2.71. The second-order valence-corrected chi connectivity index (χ2v) is 6.12. The Morgan fingerprint density at radius 2 is 2.28 bits per heavy atom. The van der Waals surface area contributed by atoms with Crippen LogP contribution in [0.4, 0.5) is 0 Å². The van der Waals surface area contributed by atoms with E-state index in [1.54, 1.807) is 18.2 Å². The second-order valence-electron chi connectivity index (χ2n) is 4.67. The number of aromatic carboxylic acids is 1. The molecule has 1 aliphatic heterocycles. The largest absolute Gasteiger partial charge is 0.478 e. The van der Waals surface area contributed by atoms with E-state index in [1.807, 2.05) is 18.7 Å². The van der Waals surface area contributed by atoms with Crippen molar-refractivity contribution in [3.05, 3.63) is 35.0 Å². The molecule has 18 heavy (non-hydrogen) atoms. The molecule has 0 spiro atoms. The first-order valence-electron chi connectivity index (χ1n) is 5.89. The normalized spacial score (nSPS) is 18.0. The fraction of sp³-hybridized carbons (Fsp3) is 0.286. The molecule has 4 heteroatoms. The molecule has 1 N–H and O–H groups in total. The predicted octanol–water partition coefficient (Wildman–Crippen LogP) is 3.28. The maximum atomic E-state index is 11.0. The lowest BCUT2D eigenvalue weighted by Gasteiger charge is -2.08. The Balaban J connectivity index is 2.32. The van der Waals surface area contributed by atoms with Gasteiger partial charge in [0.2, 0.25) is 0 Å². The van der Waals surface area contributed by atoms with Crippen molar-refractivity contribution in [1.82, 2.24) is 4.98 Å². The van der Waals surface area contributed by atoms with Crippen LogP contribution < -0.4 is 0 Å². The van der Waals surface area contributed by atoms with E-state index < -0.39 is 5.97 Å². The molecule has 1 atom stereocenters. The number of hydrogen-bond donors (Lipinski definition) is 1. The molecule has 0 radical (unpaired) electrons. The Morgan fingerprint density at radius 3 is 3.00 bits per heavy atom. The van der Waals surface area contributed by atoms with Crippen molar-refractivity contribution in [1.29, 1.82) is 0 Å². The summed E-state index contributed by atoms with van der Waals surface area (Å²) in [4.78, 5) is 16.8. The number of aryl methyl sites for hydroxylation is 1. The first-order chi connectivity index (χ1) is 8.56. The summed E-state index contributed by atoms with van der Waals surface area (Å²) in [7, 11) is 0. The van der Waals surface area contributed by atoms with Crippen molar-refractivity contribution in [2.75, 3.05) is 0 Å². The monoisotopic (exact) mass is 259 g/mol. The zero-order valence-electron chi connectivity index (χ0n) is 10.2. The van der Waals surface area contributed by atoms with E-state index in [2.05, 4.69) is 11.9 Å². The summed E-state index contributed by atoms with van der Waals surface area (Å²) >= 11 is 1.82. The third kappa shape index (κ3) is 1.68. The standard InChI is InChI=1S/C14H13NO2S/c1-7-5-10-8(2)15-12-4-3-9(14(16)17)6-11(12)13(10)18-7/h3-4,6-7H,5H2,1-2H3,(H,16,17)/t7-/m0/s1. The highest BCUT2D eigenvalue weighted by atomic mass is 32.2. The zero-order valence-corrected chi connectivity index (χ0v) is 11.0. The second kappa shape index (κ2) is 3.99. The average molecular weight is 259 g/mol. The predicted molar refractivity (Wildman–Crippen MR) is 72.5 cm³/mol. The topological polar surface area (TPSA) is 50.2 Å². The van der Waals surface area contributed by atoms with Gasteiger partial charge >= 0.3 is 5.97 Å². The van der Waals surface area contributed by atoms with Gasteiger partial charge in [-0.25, -0.2) is 4.79 Å². The molecule has 0 amide bonds. The van der Waals surface area contributed by atoms with Gasteiger partial charge in [-0.05, 0) is 37.1 Å². The van der Waals surface area contributed by atoms with Crippen molar-refractivity contribution >= 4 is 28.6 Å². The Morgan fingerprint density at radius 1 is 1.50 bits per heavy atom. The molecule has 1 aromatic carbocycles. The third-order valence-electron chi connectivity index (χ3n) is 3.30. The molecule has 0 saturated heterocycles. The summed E-state index contributed by atoms with van der Waals surface area (Å²) in [6.45, 7) is 4.22. The van der Waals surface area contributed by atoms with E-state index in [0.717, 1.165) is 23.0 Å². The van der Waals surface area contributed by atoms with Crippen molar-refractivity contribution in [2.45, 2.75) is 30.4 Å². The first kappa shape index (κ1) is 11.5. The van der Waals surface area contributed by atoms with Crippen LogP contribution in [0.2, 0.25) is 0 Å². The highest BCUT2D eigenvalue weighted by Crippen LogP contribution is 2.42. The van der Waals surface area contributed by atoms with Gasteiger partial charge in [-0.3, -0.25) is 4.98 Å². The molecule has 0 unspecified atom stereocenters. The van der Waals surface area contributed by atoms with Crippen molar-refractivity contribution in [2.24, 2.45) is 0 Å². The minimum Gasteiger partial charge on any atom is -0.478 e. The van der Waals surface area contributed by atoms with Crippen LogP contribution in [0, 0.1) is 6.92 Å². The molecule has 92 valence electrons. The van der Waals surface area contributed by atoms with Crippen LogP contribution in [0.3, 0.4) is 0 Å². The van der Waals surface area contributed by atoms with Crippen molar-refractivity contribution < 1.29 is 9.90 Å². The van der Waals surface area contributed by atoms with Crippen LogP contribution in [0.1, 0.15) is 28.5 Å². The number of aromatic nitrogens is 1. The van der Waals surface area contributed by atoms with Gasteiger partial charge in [0.05, 0.1) is 11.1 Å². The Labute approximate surface area is 109 Å². The van der Waals surface area contributed by atoms with Crippen LogP contribution in [0.15, 0.2) is 23.1 Å². The lowest BCUT2D eigenvalue weighted by molar-refractivity contribution is 0.0697. The molecule has 3 rings (SSSR count). The molecule has 2 aromatic rings. The molecule has 1 aliphatic rings. The lowest BCUT2D eigenvalue weighted by Crippen LogP contribution is -1.98. The SMILES string of the molecule is Cc1nc2ccc(C(=O)O)cc2c2c1C[C@H](C)S2. The van der Waals surface area contributed by atoms with Gasteiger partial charge in [-0.1, -0.05) is 6.92 Å². The molecular formula is C14H13NO2S. The summed E-state index contributed by atoms with van der Waals surface area (Å²) in [6, 6.07) is 5.16. The molecule has 0 saturated carbocycles. The Bertz CT molecular complexity index is 666. The minimum atomic E-state index is -0.887. The van der Waals surface area contributed by atoms with Gasteiger partial charge in [-0.2, -0.15) is 0 Å². The summed E-state index contributed by atoms with van der Waals surface area (Å²) in [5.74, 6) is -0.887. The van der Waals surface area contributed by atoms with Crippen LogP contribution in [-0.4, -0.2) is 21.3 Å². The molecule has 0 fully saturated rings. The van der Waals surface area contributed by atoms with Gasteiger partial charge in [0.25, 0.3) is 0 Å². The van der Waals surface area contributed by atoms with Crippen LogP contribution in [0.5, 0.6) is 0 Å². The quantitative estimate of drug-likeness (QED) is 0.854.